The number of aromatic nitrogens is 1. The molecule has 1 aromatic carbocycles. The van der Waals surface area contributed by atoms with Crippen molar-refractivity contribution >= 4 is 34.4 Å². The molecule has 0 bridgehead atoms. The first-order valence-corrected chi connectivity index (χ1v) is 10.3. The minimum Gasteiger partial charge on any atom is -0.373 e. The highest BCUT2D eigenvalue weighted by Crippen LogP contribution is 2.39. The second-order valence-corrected chi connectivity index (χ2v) is 8.88. The third-order valence-corrected chi connectivity index (χ3v) is 6.80. The van der Waals surface area contributed by atoms with Crippen molar-refractivity contribution in [3.63, 3.8) is 0 Å². The molecule has 0 amide bonds. The summed E-state index contributed by atoms with van der Waals surface area (Å²) in [6.45, 7) is 7.81. The van der Waals surface area contributed by atoms with Gasteiger partial charge in [0.1, 0.15) is 5.82 Å². The summed E-state index contributed by atoms with van der Waals surface area (Å²) in [7, 11) is 4.14. The van der Waals surface area contributed by atoms with E-state index in [2.05, 4.69) is 65.0 Å². The highest BCUT2D eigenvalue weighted by atomic mass is 32.2. The molecule has 2 N–H and O–H groups in total. The fourth-order valence-corrected chi connectivity index (χ4v) is 4.30. The fraction of sp³-hybridized carbons (Fsp3) is 0.550. The summed E-state index contributed by atoms with van der Waals surface area (Å²) in [6.07, 6.45) is 2.52. The summed E-state index contributed by atoms with van der Waals surface area (Å²) < 4.78 is 3.64. The second-order valence-electron chi connectivity index (χ2n) is 8.00. The summed E-state index contributed by atoms with van der Waals surface area (Å²) in [5.74, 6) is 0.916. The van der Waals surface area contributed by atoms with E-state index < -0.39 is 0 Å². The van der Waals surface area contributed by atoms with Crippen LogP contribution in [0.25, 0.3) is 10.9 Å². The van der Waals surface area contributed by atoms with Gasteiger partial charge in [-0.3, -0.25) is 4.72 Å². The number of anilines is 2. The Balaban J connectivity index is 1.70. The van der Waals surface area contributed by atoms with Gasteiger partial charge in [-0.25, -0.2) is 4.98 Å². The van der Waals surface area contributed by atoms with Gasteiger partial charge >= 0.3 is 0 Å². The second kappa shape index (κ2) is 6.91. The molecule has 1 aromatic heterocycles. The van der Waals surface area contributed by atoms with Crippen LogP contribution in [0.3, 0.4) is 0 Å². The zero-order valence-corrected chi connectivity index (χ0v) is 17.0. The number of benzene rings is 1. The minimum atomic E-state index is 0.308. The lowest BCUT2D eigenvalue weighted by molar-refractivity contribution is 0.234. The van der Waals surface area contributed by atoms with E-state index in [0.717, 1.165) is 31.0 Å². The Labute approximate surface area is 160 Å². The van der Waals surface area contributed by atoms with Gasteiger partial charge in [-0.15, -0.1) is 0 Å². The fourth-order valence-electron chi connectivity index (χ4n) is 3.39. The topological polar surface area (TPSA) is 43.4 Å². The molecule has 1 saturated heterocycles. The number of likely N-dealkylation sites (N-methyl/N-ethyl adjacent to an activating group) is 1. The van der Waals surface area contributed by atoms with Gasteiger partial charge in [0.2, 0.25) is 0 Å². The summed E-state index contributed by atoms with van der Waals surface area (Å²) in [4.78, 5) is 11.0. The Bertz CT molecular complexity index is 804. The number of hydrogen-bond donors (Lipinski definition) is 2. The molecular formula is C20H29N5S. The van der Waals surface area contributed by atoms with Gasteiger partial charge in [0.05, 0.1) is 5.52 Å². The molecular weight excluding hydrogens is 342 g/mol. The van der Waals surface area contributed by atoms with Crippen LogP contribution in [0.4, 0.5) is 11.5 Å². The Hall–Kier alpha value is -1.50. The molecule has 140 valence electrons. The van der Waals surface area contributed by atoms with E-state index in [0.29, 0.717) is 11.6 Å². The number of piperazine rings is 1. The molecule has 1 aliphatic heterocycles. The highest BCUT2D eigenvalue weighted by molar-refractivity contribution is 7.97. The summed E-state index contributed by atoms with van der Waals surface area (Å²) >= 11 is 1.75. The van der Waals surface area contributed by atoms with Gasteiger partial charge < -0.3 is 15.1 Å². The Morgan fingerprint density at radius 2 is 2.04 bits per heavy atom. The first-order chi connectivity index (χ1) is 12.5. The number of rotatable bonds is 5. The van der Waals surface area contributed by atoms with Crippen LogP contribution in [0.5, 0.6) is 0 Å². The predicted molar refractivity (Wildman–Crippen MR) is 112 cm³/mol. The van der Waals surface area contributed by atoms with Crippen molar-refractivity contribution in [1.29, 1.82) is 0 Å². The minimum absolute atomic E-state index is 0.308. The number of hydrogen-bond acceptors (Lipinski definition) is 6. The average molecular weight is 372 g/mol. The largest absolute Gasteiger partial charge is 0.373 e. The Morgan fingerprint density at radius 1 is 1.23 bits per heavy atom. The normalized spacial score (nSPS) is 22.6. The van der Waals surface area contributed by atoms with Crippen LogP contribution in [0, 0.1) is 0 Å². The van der Waals surface area contributed by atoms with Crippen molar-refractivity contribution in [2.24, 2.45) is 0 Å². The lowest BCUT2D eigenvalue weighted by atomic mass is 10.1. The number of pyridine rings is 1. The first-order valence-electron chi connectivity index (χ1n) is 9.49. The molecule has 5 nitrogen and oxygen atoms in total. The van der Waals surface area contributed by atoms with Crippen LogP contribution < -0.4 is 14.9 Å². The summed E-state index contributed by atoms with van der Waals surface area (Å²) in [5.41, 5.74) is 2.68. The molecule has 2 heterocycles. The SMILES string of the molecule is CNc1ccc2c(N3CCN(C)C(C)C3)cc(SNC3(C)CC3)cc2n1. The zero-order chi connectivity index (χ0) is 18.3. The third-order valence-electron chi connectivity index (χ3n) is 5.73. The molecule has 1 unspecified atom stereocenters. The number of nitrogens with one attached hydrogen (secondary N) is 2. The molecule has 1 aliphatic carbocycles. The molecule has 4 rings (SSSR count). The van der Waals surface area contributed by atoms with Crippen LogP contribution >= 0.6 is 11.9 Å². The highest BCUT2D eigenvalue weighted by Gasteiger charge is 2.37. The van der Waals surface area contributed by atoms with Gasteiger partial charge in [0.25, 0.3) is 0 Å². The predicted octanol–water partition coefficient (Wildman–Crippen LogP) is 3.57. The Morgan fingerprint density at radius 3 is 2.73 bits per heavy atom. The quantitative estimate of drug-likeness (QED) is 0.784. The van der Waals surface area contributed by atoms with Gasteiger partial charge in [0.15, 0.2) is 0 Å². The van der Waals surface area contributed by atoms with Crippen LogP contribution in [-0.4, -0.2) is 55.2 Å². The van der Waals surface area contributed by atoms with E-state index in [9.17, 15) is 0 Å². The maximum atomic E-state index is 4.81. The summed E-state index contributed by atoms with van der Waals surface area (Å²) in [6, 6.07) is 9.38. The van der Waals surface area contributed by atoms with E-state index in [4.69, 9.17) is 4.98 Å². The molecule has 1 atom stereocenters. The lowest BCUT2D eigenvalue weighted by Gasteiger charge is -2.39. The van der Waals surface area contributed by atoms with Crippen molar-refractivity contribution < 1.29 is 0 Å². The maximum absolute atomic E-state index is 4.81. The van der Waals surface area contributed by atoms with E-state index in [-0.39, 0.29) is 0 Å². The smallest absolute Gasteiger partial charge is 0.126 e. The van der Waals surface area contributed by atoms with Crippen LogP contribution in [0.1, 0.15) is 26.7 Å². The van der Waals surface area contributed by atoms with Crippen molar-refractivity contribution in [2.45, 2.75) is 43.2 Å². The molecule has 2 aliphatic rings. The van der Waals surface area contributed by atoms with E-state index in [1.165, 1.54) is 28.8 Å². The number of nitrogens with zero attached hydrogens (tertiary/aromatic N) is 3. The standard InChI is InChI=1S/C20H29N5S/c1-14-13-25(10-9-24(14)4)18-12-15(26-23-20(2)7-8-20)11-17-16(18)5-6-19(21-3)22-17/h5-6,11-12,14,23H,7-10,13H2,1-4H3,(H,21,22). The molecule has 6 heteroatoms. The van der Waals surface area contributed by atoms with Crippen LogP contribution in [0.2, 0.25) is 0 Å². The maximum Gasteiger partial charge on any atom is 0.126 e. The monoisotopic (exact) mass is 371 g/mol. The average Bonchev–Trinajstić information content (AvgIpc) is 3.39. The molecule has 26 heavy (non-hydrogen) atoms. The van der Waals surface area contributed by atoms with Crippen molar-refractivity contribution in [3.05, 3.63) is 24.3 Å². The van der Waals surface area contributed by atoms with Gasteiger partial charge in [-0.1, -0.05) is 0 Å². The zero-order valence-electron chi connectivity index (χ0n) is 16.2. The molecule has 0 radical (unpaired) electrons. The van der Waals surface area contributed by atoms with Crippen LogP contribution in [-0.2, 0) is 0 Å². The molecule has 2 aromatic rings. The van der Waals surface area contributed by atoms with Crippen molar-refractivity contribution in [1.82, 2.24) is 14.6 Å². The van der Waals surface area contributed by atoms with Gasteiger partial charge in [0, 0.05) is 54.2 Å². The van der Waals surface area contributed by atoms with E-state index >= 15 is 0 Å². The van der Waals surface area contributed by atoms with Crippen molar-refractivity contribution in [2.75, 3.05) is 43.9 Å². The van der Waals surface area contributed by atoms with E-state index in [1.807, 2.05) is 7.05 Å². The molecule has 2 fully saturated rings. The van der Waals surface area contributed by atoms with Crippen LogP contribution in [0.15, 0.2) is 29.2 Å². The van der Waals surface area contributed by atoms with E-state index in [1.54, 1.807) is 11.9 Å². The van der Waals surface area contributed by atoms with Gasteiger partial charge in [-0.2, -0.15) is 0 Å². The van der Waals surface area contributed by atoms with Crippen molar-refractivity contribution in [3.8, 4) is 0 Å². The summed E-state index contributed by atoms with van der Waals surface area (Å²) in [5, 5.41) is 4.40. The third kappa shape index (κ3) is 3.63. The molecule has 1 saturated carbocycles. The Kier molecular flexibility index (Phi) is 4.75. The number of fused-ring (bicyclic) bond motifs is 1. The van der Waals surface area contributed by atoms with Gasteiger partial charge in [-0.05, 0) is 70.0 Å². The molecule has 0 spiro atoms. The lowest BCUT2D eigenvalue weighted by Crippen LogP contribution is -2.50. The first kappa shape index (κ1) is 17.9.